The van der Waals surface area contributed by atoms with Gasteiger partial charge in [-0.1, -0.05) is 25.3 Å². The highest BCUT2D eigenvalue weighted by molar-refractivity contribution is 5.95. The van der Waals surface area contributed by atoms with Crippen molar-refractivity contribution in [3.63, 3.8) is 0 Å². The molecule has 1 saturated carbocycles. The van der Waals surface area contributed by atoms with Gasteiger partial charge >= 0.3 is 5.97 Å². The van der Waals surface area contributed by atoms with Crippen molar-refractivity contribution in [3.05, 3.63) is 34.4 Å². The quantitative estimate of drug-likeness (QED) is 0.511. The molecular formula is C16H20N2O5. The van der Waals surface area contributed by atoms with Crippen LogP contribution in [-0.4, -0.2) is 22.9 Å². The second-order valence-electron chi connectivity index (χ2n) is 5.71. The van der Waals surface area contributed by atoms with E-state index in [0.29, 0.717) is 5.69 Å². The lowest BCUT2D eigenvalue weighted by Gasteiger charge is -2.22. The van der Waals surface area contributed by atoms with E-state index in [1.807, 2.05) is 0 Å². The maximum atomic E-state index is 12.1. The number of benzene rings is 1. The van der Waals surface area contributed by atoms with Crippen molar-refractivity contribution in [2.75, 3.05) is 5.32 Å². The number of anilines is 1. The first-order valence-corrected chi connectivity index (χ1v) is 7.73. The molecule has 7 nitrogen and oxygen atoms in total. The molecule has 0 unspecified atom stereocenters. The standard InChI is InChI=1S/C16H20N2O5/c1-11(23-16(20)12-6-3-2-4-7-12)15(19)17-13-8-5-9-14(10-13)18(21)22/h5,8-12H,2-4,6-7H2,1H3,(H,17,19)/t11-/m1/s1. The monoisotopic (exact) mass is 320 g/mol. The number of non-ortho nitro benzene ring substituents is 1. The molecule has 23 heavy (non-hydrogen) atoms. The molecule has 1 N–H and O–H groups in total. The smallest absolute Gasteiger partial charge is 0.309 e. The predicted octanol–water partition coefficient (Wildman–Crippen LogP) is 3.05. The Morgan fingerprint density at radius 3 is 2.65 bits per heavy atom. The Hall–Kier alpha value is -2.44. The van der Waals surface area contributed by atoms with Gasteiger partial charge in [-0.2, -0.15) is 0 Å². The summed E-state index contributed by atoms with van der Waals surface area (Å²) in [7, 11) is 0. The molecule has 1 atom stereocenters. The van der Waals surface area contributed by atoms with E-state index in [1.54, 1.807) is 6.07 Å². The van der Waals surface area contributed by atoms with Crippen molar-refractivity contribution in [1.82, 2.24) is 0 Å². The van der Waals surface area contributed by atoms with Gasteiger partial charge in [0.15, 0.2) is 6.10 Å². The first kappa shape index (κ1) is 16.9. The lowest BCUT2D eigenvalue weighted by atomic mass is 9.89. The number of esters is 1. The topological polar surface area (TPSA) is 98.5 Å². The molecule has 0 spiro atoms. The first-order valence-electron chi connectivity index (χ1n) is 7.73. The Morgan fingerprint density at radius 2 is 2.00 bits per heavy atom. The van der Waals surface area contributed by atoms with Gasteiger partial charge in [0, 0.05) is 17.8 Å². The van der Waals surface area contributed by atoms with Crippen molar-refractivity contribution in [2.24, 2.45) is 5.92 Å². The highest BCUT2D eigenvalue weighted by atomic mass is 16.6. The Labute approximate surface area is 134 Å². The van der Waals surface area contributed by atoms with Crippen molar-refractivity contribution in [1.29, 1.82) is 0 Å². The summed E-state index contributed by atoms with van der Waals surface area (Å²) in [5.41, 5.74) is 0.180. The fraction of sp³-hybridized carbons (Fsp3) is 0.500. The minimum Gasteiger partial charge on any atom is -0.452 e. The lowest BCUT2D eigenvalue weighted by molar-refractivity contribution is -0.384. The molecular weight excluding hydrogens is 300 g/mol. The van der Waals surface area contributed by atoms with Crippen molar-refractivity contribution >= 4 is 23.3 Å². The number of rotatable bonds is 5. The van der Waals surface area contributed by atoms with Crippen LogP contribution in [0.2, 0.25) is 0 Å². The normalized spacial score (nSPS) is 16.4. The molecule has 1 aromatic rings. The number of nitro benzene ring substituents is 1. The maximum Gasteiger partial charge on any atom is 0.309 e. The zero-order valence-electron chi connectivity index (χ0n) is 13.0. The fourth-order valence-corrected chi connectivity index (χ4v) is 2.60. The van der Waals surface area contributed by atoms with Crippen molar-refractivity contribution < 1.29 is 19.2 Å². The van der Waals surface area contributed by atoms with Gasteiger partial charge in [-0.3, -0.25) is 19.7 Å². The molecule has 0 bridgehead atoms. The van der Waals surface area contributed by atoms with E-state index in [9.17, 15) is 19.7 Å². The fourth-order valence-electron chi connectivity index (χ4n) is 2.60. The molecule has 0 aromatic heterocycles. The number of amides is 1. The number of nitrogens with zero attached hydrogens (tertiary/aromatic N) is 1. The van der Waals surface area contributed by atoms with Gasteiger partial charge in [-0.05, 0) is 25.8 Å². The molecule has 1 aliphatic carbocycles. The van der Waals surface area contributed by atoms with E-state index in [2.05, 4.69) is 5.32 Å². The number of carbonyl (C=O) groups is 2. The molecule has 124 valence electrons. The third-order valence-electron chi connectivity index (χ3n) is 3.93. The molecule has 0 aliphatic heterocycles. The van der Waals surface area contributed by atoms with Gasteiger partial charge in [0.25, 0.3) is 11.6 Å². The van der Waals surface area contributed by atoms with Gasteiger partial charge in [-0.15, -0.1) is 0 Å². The minimum atomic E-state index is -0.941. The van der Waals surface area contributed by atoms with E-state index >= 15 is 0 Å². The summed E-state index contributed by atoms with van der Waals surface area (Å²) in [4.78, 5) is 34.2. The summed E-state index contributed by atoms with van der Waals surface area (Å²) in [6.45, 7) is 1.49. The zero-order chi connectivity index (χ0) is 16.8. The first-order chi connectivity index (χ1) is 11.0. The highest BCUT2D eigenvalue weighted by Crippen LogP contribution is 2.25. The third-order valence-corrected chi connectivity index (χ3v) is 3.93. The molecule has 0 heterocycles. The Balaban J connectivity index is 1.90. The van der Waals surface area contributed by atoms with Crippen LogP contribution < -0.4 is 5.32 Å². The molecule has 1 aromatic carbocycles. The van der Waals surface area contributed by atoms with Crippen LogP contribution in [0.25, 0.3) is 0 Å². The summed E-state index contributed by atoms with van der Waals surface area (Å²) in [6, 6.07) is 5.61. The third kappa shape index (κ3) is 4.77. The Bertz CT molecular complexity index is 596. The van der Waals surface area contributed by atoms with Crippen LogP contribution >= 0.6 is 0 Å². The average molecular weight is 320 g/mol. The second kappa shape index (κ2) is 7.71. The number of hydrogen-bond acceptors (Lipinski definition) is 5. The minimum absolute atomic E-state index is 0.116. The van der Waals surface area contributed by atoms with E-state index in [1.165, 1.54) is 25.1 Å². The molecule has 1 amide bonds. The van der Waals surface area contributed by atoms with Crippen LogP contribution in [0.4, 0.5) is 11.4 Å². The van der Waals surface area contributed by atoms with E-state index in [-0.39, 0.29) is 17.6 Å². The van der Waals surface area contributed by atoms with Crippen molar-refractivity contribution in [3.8, 4) is 0 Å². The van der Waals surface area contributed by atoms with Gasteiger partial charge in [0.2, 0.25) is 0 Å². The van der Waals surface area contributed by atoms with E-state index < -0.39 is 16.9 Å². The summed E-state index contributed by atoms with van der Waals surface area (Å²) in [5.74, 6) is -0.974. The van der Waals surface area contributed by atoms with E-state index in [0.717, 1.165) is 32.1 Å². The maximum absolute atomic E-state index is 12.1. The number of carbonyl (C=O) groups excluding carboxylic acids is 2. The SMILES string of the molecule is C[C@@H](OC(=O)C1CCCCC1)C(=O)Nc1cccc([N+](=O)[O-])c1. The summed E-state index contributed by atoms with van der Waals surface area (Å²) < 4.78 is 5.22. The van der Waals surface area contributed by atoms with Gasteiger partial charge in [0.1, 0.15) is 0 Å². The summed E-state index contributed by atoms with van der Waals surface area (Å²) in [5, 5.41) is 13.2. The largest absolute Gasteiger partial charge is 0.452 e. The Kier molecular flexibility index (Phi) is 5.67. The Morgan fingerprint density at radius 1 is 1.30 bits per heavy atom. The molecule has 0 saturated heterocycles. The molecule has 1 fully saturated rings. The van der Waals surface area contributed by atoms with Gasteiger partial charge in [0.05, 0.1) is 10.8 Å². The van der Waals surface area contributed by atoms with Gasteiger partial charge < -0.3 is 10.1 Å². The van der Waals surface area contributed by atoms with E-state index in [4.69, 9.17) is 4.74 Å². The van der Waals surface area contributed by atoms with Crippen LogP contribution in [0.15, 0.2) is 24.3 Å². The summed E-state index contributed by atoms with van der Waals surface area (Å²) >= 11 is 0. The number of ether oxygens (including phenoxy) is 1. The predicted molar refractivity (Wildman–Crippen MR) is 83.9 cm³/mol. The van der Waals surface area contributed by atoms with Crippen LogP contribution in [0.3, 0.4) is 0 Å². The second-order valence-corrected chi connectivity index (χ2v) is 5.71. The zero-order valence-corrected chi connectivity index (χ0v) is 13.0. The average Bonchev–Trinajstić information content (AvgIpc) is 2.55. The van der Waals surface area contributed by atoms with Crippen LogP contribution in [0.1, 0.15) is 39.0 Å². The molecule has 0 radical (unpaired) electrons. The highest BCUT2D eigenvalue weighted by Gasteiger charge is 2.26. The number of nitro groups is 1. The lowest BCUT2D eigenvalue weighted by Crippen LogP contribution is -2.32. The molecule has 2 rings (SSSR count). The molecule has 7 heteroatoms. The van der Waals surface area contributed by atoms with Crippen LogP contribution in [0, 0.1) is 16.0 Å². The molecule has 1 aliphatic rings. The van der Waals surface area contributed by atoms with Gasteiger partial charge in [-0.25, -0.2) is 0 Å². The number of nitrogens with one attached hydrogen (secondary N) is 1. The van der Waals surface area contributed by atoms with Crippen LogP contribution in [-0.2, 0) is 14.3 Å². The van der Waals surface area contributed by atoms with Crippen molar-refractivity contribution in [2.45, 2.75) is 45.1 Å². The van der Waals surface area contributed by atoms with Crippen LogP contribution in [0.5, 0.6) is 0 Å². The summed E-state index contributed by atoms with van der Waals surface area (Å²) in [6.07, 6.45) is 3.81. The number of hydrogen-bond donors (Lipinski definition) is 1.